The van der Waals surface area contributed by atoms with Gasteiger partial charge in [0.25, 0.3) is 0 Å². The number of nitrogens with zero attached hydrogens (tertiary/aromatic N) is 1. The van der Waals surface area contributed by atoms with Crippen LogP contribution in [0.25, 0.3) is 0 Å². The molecule has 0 saturated carbocycles. The molecule has 0 aromatic heterocycles. The van der Waals surface area contributed by atoms with Crippen LogP contribution in [0.15, 0.2) is 36.5 Å². The maximum Gasteiger partial charge on any atom is -0.00190 e. The van der Waals surface area contributed by atoms with E-state index < -0.39 is 0 Å². The van der Waals surface area contributed by atoms with Crippen LogP contribution >= 0.6 is 0 Å². The second kappa shape index (κ2) is 7.09. The van der Waals surface area contributed by atoms with Crippen molar-refractivity contribution < 1.29 is 0 Å². The van der Waals surface area contributed by atoms with Crippen LogP contribution < -0.4 is 0 Å². The Kier molecular flexibility index (Phi) is 5.67. The smallest absolute Gasteiger partial charge is 0.00190 e. The molecular formula is C15H21N. The molecule has 0 bridgehead atoms. The van der Waals surface area contributed by atoms with Gasteiger partial charge in [-0.2, -0.15) is 0 Å². The van der Waals surface area contributed by atoms with E-state index in [2.05, 4.69) is 30.5 Å². The lowest BCUT2D eigenvalue weighted by molar-refractivity contribution is 0.219. The SMILES string of the molecule is C#C/C=C\C=C(/C=C)CC1CCN(C)CC1. The van der Waals surface area contributed by atoms with E-state index in [4.69, 9.17) is 6.42 Å². The van der Waals surface area contributed by atoms with Gasteiger partial charge in [0.05, 0.1) is 0 Å². The Balaban J connectivity index is 2.45. The van der Waals surface area contributed by atoms with Gasteiger partial charge in [0.15, 0.2) is 0 Å². The summed E-state index contributed by atoms with van der Waals surface area (Å²) >= 11 is 0. The molecule has 0 atom stereocenters. The molecule has 1 heteroatoms. The van der Waals surface area contributed by atoms with Crippen LogP contribution in [-0.4, -0.2) is 25.0 Å². The normalized spacial score (nSPS) is 19.9. The van der Waals surface area contributed by atoms with Gasteiger partial charge in [0.2, 0.25) is 0 Å². The summed E-state index contributed by atoms with van der Waals surface area (Å²) in [5.41, 5.74) is 1.29. The Labute approximate surface area is 99.5 Å². The maximum absolute atomic E-state index is 5.16. The zero-order valence-corrected chi connectivity index (χ0v) is 10.2. The molecule has 0 aromatic carbocycles. The van der Waals surface area contributed by atoms with Gasteiger partial charge in [-0.05, 0) is 57.0 Å². The highest BCUT2D eigenvalue weighted by Crippen LogP contribution is 2.23. The molecule has 86 valence electrons. The monoisotopic (exact) mass is 215 g/mol. The van der Waals surface area contributed by atoms with Crippen molar-refractivity contribution >= 4 is 0 Å². The van der Waals surface area contributed by atoms with Crippen molar-refractivity contribution in [3.63, 3.8) is 0 Å². The van der Waals surface area contributed by atoms with Crippen molar-refractivity contribution in [2.75, 3.05) is 20.1 Å². The summed E-state index contributed by atoms with van der Waals surface area (Å²) < 4.78 is 0. The minimum Gasteiger partial charge on any atom is -0.306 e. The van der Waals surface area contributed by atoms with Crippen LogP contribution in [0.1, 0.15) is 19.3 Å². The molecule has 0 unspecified atom stereocenters. The lowest BCUT2D eigenvalue weighted by Gasteiger charge is -2.29. The standard InChI is InChI=1S/C15H21N/c1-4-6-7-8-14(5-2)13-15-9-11-16(3)12-10-15/h1,5-8,15H,2,9-13H2,3H3/b7-6-,14-8+. The van der Waals surface area contributed by atoms with Crippen LogP contribution in [0, 0.1) is 18.3 Å². The largest absolute Gasteiger partial charge is 0.306 e. The quantitative estimate of drug-likeness (QED) is 0.515. The van der Waals surface area contributed by atoms with Gasteiger partial charge in [0, 0.05) is 0 Å². The second-order valence-corrected chi connectivity index (χ2v) is 4.42. The van der Waals surface area contributed by atoms with Crippen molar-refractivity contribution in [2.24, 2.45) is 5.92 Å². The molecule has 0 aliphatic carbocycles. The first-order valence-corrected chi connectivity index (χ1v) is 5.89. The summed E-state index contributed by atoms with van der Waals surface area (Å²) in [5.74, 6) is 3.30. The van der Waals surface area contributed by atoms with Gasteiger partial charge in [-0.25, -0.2) is 0 Å². The van der Waals surface area contributed by atoms with Gasteiger partial charge in [0.1, 0.15) is 0 Å². The summed E-state index contributed by atoms with van der Waals surface area (Å²) in [4.78, 5) is 2.39. The first kappa shape index (κ1) is 12.8. The average Bonchev–Trinajstić information content (AvgIpc) is 2.31. The predicted octanol–water partition coefficient (Wildman–Crippen LogP) is 3.02. The summed E-state index contributed by atoms with van der Waals surface area (Å²) in [7, 11) is 2.19. The molecule has 0 aromatic rings. The fourth-order valence-electron chi connectivity index (χ4n) is 2.05. The number of hydrogen-bond acceptors (Lipinski definition) is 1. The first-order chi connectivity index (χ1) is 7.76. The number of terminal acetylenes is 1. The first-order valence-electron chi connectivity index (χ1n) is 5.89. The topological polar surface area (TPSA) is 3.24 Å². The third-order valence-corrected chi connectivity index (χ3v) is 3.13. The molecule has 1 rings (SSSR count). The molecule has 0 N–H and O–H groups in total. The average molecular weight is 215 g/mol. The van der Waals surface area contributed by atoms with Crippen LogP contribution in [0.3, 0.4) is 0 Å². The highest BCUT2D eigenvalue weighted by molar-refractivity contribution is 5.25. The zero-order chi connectivity index (χ0) is 11.8. The molecule has 1 saturated heterocycles. The van der Waals surface area contributed by atoms with E-state index >= 15 is 0 Å². The molecular weight excluding hydrogens is 194 g/mol. The van der Waals surface area contributed by atoms with Crippen molar-refractivity contribution in [1.82, 2.24) is 4.90 Å². The predicted molar refractivity (Wildman–Crippen MR) is 71.1 cm³/mol. The molecule has 1 aliphatic heterocycles. The molecule has 0 amide bonds. The summed E-state index contributed by atoms with van der Waals surface area (Å²) in [6.45, 7) is 6.29. The fourth-order valence-corrected chi connectivity index (χ4v) is 2.05. The summed E-state index contributed by atoms with van der Waals surface area (Å²) in [6.07, 6.45) is 16.5. The Hall–Kier alpha value is -1.26. The summed E-state index contributed by atoms with van der Waals surface area (Å²) in [5, 5.41) is 0. The van der Waals surface area contributed by atoms with Gasteiger partial charge in [-0.15, -0.1) is 6.42 Å². The molecule has 1 fully saturated rings. The zero-order valence-electron chi connectivity index (χ0n) is 10.2. The molecule has 1 aliphatic rings. The van der Waals surface area contributed by atoms with Crippen LogP contribution in [-0.2, 0) is 0 Å². The van der Waals surface area contributed by atoms with E-state index in [0.29, 0.717) is 0 Å². The minimum atomic E-state index is 0.805. The summed E-state index contributed by atoms with van der Waals surface area (Å²) in [6, 6.07) is 0. The minimum absolute atomic E-state index is 0.805. The Morgan fingerprint density at radius 3 is 2.75 bits per heavy atom. The van der Waals surface area contributed by atoms with E-state index in [1.165, 1.54) is 31.5 Å². The number of allylic oxidation sites excluding steroid dienone is 5. The highest BCUT2D eigenvalue weighted by atomic mass is 15.1. The van der Waals surface area contributed by atoms with Crippen molar-refractivity contribution in [1.29, 1.82) is 0 Å². The van der Waals surface area contributed by atoms with Gasteiger partial charge < -0.3 is 4.90 Å². The van der Waals surface area contributed by atoms with Crippen molar-refractivity contribution in [3.05, 3.63) is 36.5 Å². The van der Waals surface area contributed by atoms with E-state index in [-0.39, 0.29) is 0 Å². The Morgan fingerprint density at radius 2 is 2.19 bits per heavy atom. The Bertz CT molecular complexity index is 309. The van der Waals surface area contributed by atoms with Gasteiger partial charge in [-0.3, -0.25) is 0 Å². The van der Waals surface area contributed by atoms with Crippen LogP contribution in [0.5, 0.6) is 0 Å². The van der Waals surface area contributed by atoms with Crippen LogP contribution in [0.4, 0.5) is 0 Å². The Morgan fingerprint density at radius 1 is 1.50 bits per heavy atom. The fraction of sp³-hybridized carbons (Fsp3) is 0.467. The lowest BCUT2D eigenvalue weighted by Crippen LogP contribution is -2.30. The lowest BCUT2D eigenvalue weighted by atomic mass is 9.90. The third kappa shape index (κ3) is 4.51. The molecule has 1 heterocycles. The molecule has 1 nitrogen and oxygen atoms in total. The molecule has 0 spiro atoms. The number of likely N-dealkylation sites (tertiary alicyclic amines) is 1. The molecule has 16 heavy (non-hydrogen) atoms. The number of hydrogen-bond donors (Lipinski definition) is 0. The number of rotatable bonds is 4. The molecule has 0 radical (unpaired) electrons. The maximum atomic E-state index is 5.16. The van der Waals surface area contributed by atoms with E-state index in [9.17, 15) is 0 Å². The highest BCUT2D eigenvalue weighted by Gasteiger charge is 2.16. The van der Waals surface area contributed by atoms with Crippen molar-refractivity contribution in [2.45, 2.75) is 19.3 Å². The van der Waals surface area contributed by atoms with Gasteiger partial charge in [-0.1, -0.05) is 30.7 Å². The van der Waals surface area contributed by atoms with Crippen LogP contribution in [0.2, 0.25) is 0 Å². The number of piperidine rings is 1. The van der Waals surface area contributed by atoms with Gasteiger partial charge >= 0.3 is 0 Å². The van der Waals surface area contributed by atoms with E-state index in [1.54, 1.807) is 6.08 Å². The van der Waals surface area contributed by atoms with E-state index in [0.717, 1.165) is 12.3 Å². The third-order valence-electron chi connectivity index (χ3n) is 3.13. The van der Waals surface area contributed by atoms with Crippen molar-refractivity contribution in [3.8, 4) is 12.3 Å². The second-order valence-electron chi connectivity index (χ2n) is 4.42. The van der Waals surface area contributed by atoms with E-state index in [1.807, 2.05) is 12.2 Å².